The number of halogens is 1. The van der Waals surface area contributed by atoms with E-state index in [4.69, 9.17) is 0 Å². The molecule has 0 saturated carbocycles. The number of nitrogens with one attached hydrogen (secondary N) is 2. The summed E-state index contributed by atoms with van der Waals surface area (Å²) < 4.78 is 12.3. The van der Waals surface area contributed by atoms with Crippen LogP contribution in [0.25, 0.3) is 0 Å². The van der Waals surface area contributed by atoms with E-state index in [0.29, 0.717) is 0 Å². The number of unbranched alkanes of at least 4 members (excludes halogenated alkanes) is 1. The standard InChI is InChI=1S/C11H15NO.C8H10FN/c13-10-12-9-5-4-8-11-6-2-1-3-7-11;1-10-6-7-2-4-8(9)5-3-7/h1-3,6-7,10H,4-5,8-9H2,(H,12,13);2-5,10H,6H2,1H3. The summed E-state index contributed by atoms with van der Waals surface area (Å²) in [5, 5.41) is 5.63. The third-order valence-electron chi connectivity index (χ3n) is 3.26. The molecular weight excluding hydrogens is 291 g/mol. The number of benzene rings is 2. The fourth-order valence-corrected chi connectivity index (χ4v) is 2.07. The largest absolute Gasteiger partial charge is 0.359 e. The summed E-state index contributed by atoms with van der Waals surface area (Å²) in [6.07, 6.45) is 4.03. The summed E-state index contributed by atoms with van der Waals surface area (Å²) in [6, 6.07) is 16.9. The van der Waals surface area contributed by atoms with Crippen molar-refractivity contribution in [3.05, 3.63) is 71.5 Å². The maximum Gasteiger partial charge on any atom is 0.207 e. The van der Waals surface area contributed by atoms with Gasteiger partial charge in [0.2, 0.25) is 6.41 Å². The molecule has 0 fully saturated rings. The van der Waals surface area contributed by atoms with Gasteiger partial charge in [-0.15, -0.1) is 0 Å². The van der Waals surface area contributed by atoms with Crippen LogP contribution in [0.1, 0.15) is 24.0 Å². The molecule has 124 valence electrons. The Labute approximate surface area is 137 Å². The van der Waals surface area contributed by atoms with Crippen LogP contribution in [0.3, 0.4) is 0 Å². The zero-order valence-corrected chi connectivity index (χ0v) is 13.6. The second kappa shape index (κ2) is 12.4. The monoisotopic (exact) mass is 316 g/mol. The van der Waals surface area contributed by atoms with Crippen LogP contribution in [0, 0.1) is 5.82 Å². The Balaban J connectivity index is 0.000000238. The molecule has 2 N–H and O–H groups in total. The zero-order chi connectivity index (χ0) is 16.8. The number of carbonyl (C=O) groups excluding carboxylic acids is 1. The Bertz CT molecular complexity index is 529. The molecule has 2 aromatic carbocycles. The Kier molecular flexibility index (Phi) is 10.1. The van der Waals surface area contributed by atoms with E-state index in [-0.39, 0.29) is 5.82 Å². The number of aryl methyl sites for hydroxylation is 1. The second-order valence-corrected chi connectivity index (χ2v) is 5.17. The normalized spacial score (nSPS) is 9.65. The van der Waals surface area contributed by atoms with Crippen molar-refractivity contribution in [2.24, 2.45) is 0 Å². The molecule has 0 aliphatic carbocycles. The maximum atomic E-state index is 12.3. The van der Waals surface area contributed by atoms with Crippen LogP contribution in [-0.2, 0) is 17.8 Å². The summed E-state index contributed by atoms with van der Waals surface area (Å²) >= 11 is 0. The smallest absolute Gasteiger partial charge is 0.207 e. The molecule has 3 nitrogen and oxygen atoms in total. The summed E-state index contributed by atoms with van der Waals surface area (Å²) in [6.45, 7) is 1.58. The molecule has 0 unspecified atom stereocenters. The topological polar surface area (TPSA) is 41.1 Å². The number of hydrogen-bond donors (Lipinski definition) is 2. The highest BCUT2D eigenvalue weighted by atomic mass is 19.1. The fraction of sp³-hybridized carbons (Fsp3) is 0.316. The molecule has 0 heterocycles. The van der Waals surface area contributed by atoms with Gasteiger partial charge < -0.3 is 10.6 Å². The van der Waals surface area contributed by atoms with Gasteiger partial charge in [-0.1, -0.05) is 42.5 Å². The molecule has 0 aliphatic heterocycles. The maximum absolute atomic E-state index is 12.3. The van der Waals surface area contributed by atoms with Crippen molar-refractivity contribution < 1.29 is 9.18 Å². The molecule has 0 saturated heterocycles. The molecule has 23 heavy (non-hydrogen) atoms. The van der Waals surface area contributed by atoms with Crippen LogP contribution in [0.4, 0.5) is 4.39 Å². The van der Waals surface area contributed by atoms with E-state index in [1.165, 1.54) is 17.7 Å². The molecule has 4 heteroatoms. The van der Waals surface area contributed by atoms with Crippen molar-refractivity contribution in [2.45, 2.75) is 25.8 Å². The highest BCUT2D eigenvalue weighted by Gasteiger charge is 1.91. The summed E-state index contributed by atoms with van der Waals surface area (Å²) in [4.78, 5) is 9.93. The van der Waals surface area contributed by atoms with Gasteiger partial charge in [-0.2, -0.15) is 0 Å². The number of carbonyl (C=O) groups is 1. The highest BCUT2D eigenvalue weighted by Crippen LogP contribution is 2.03. The molecule has 0 atom stereocenters. The predicted octanol–water partition coefficient (Wildman–Crippen LogP) is 3.30. The van der Waals surface area contributed by atoms with Crippen LogP contribution >= 0.6 is 0 Å². The van der Waals surface area contributed by atoms with E-state index in [9.17, 15) is 9.18 Å². The minimum absolute atomic E-state index is 0.181. The lowest BCUT2D eigenvalue weighted by atomic mass is 10.1. The van der Waals surface area contributed by atoms with E-state index in [1.807, 2.05) is 13.1 Å². The van der Waals surface area contributed by atoms with Gasteiger partial charge in [-0.05, 0) is 49.6 Å². The predicted molar refractivity (Wildman–Crippen MR) is 92.6 cm³/mol. The first kappa shape index (κ1) is 18.8. The van der Waals surface area contributed by atoms with Gasteiger partial charge >= 0.3 is 0 Å². The number of hydrogen-bond acceptors (Lipinski definition) is 2. The summed E-state index contributed by atoms with van der Waals surface area (Å²) in [7, 11) is 1.86. The van der Waals surface area contributed by atoms with Gasteiger partial charge in [0.25, 0.3) is 0 Å². The van der Waals surface area contributed by atoms with Crippen molar-refractivity contribution in [3.8, 4) is 0 Å². The first-order valence-corrected chi connectivity index (χ1v) is 7.86. The lowest BCUT2D eigenvalue weighted by Gasteiger charge is -2.00. The van der Waals surface area contributed by atoms with Crippen molar-refractivity contribution in [1.82, 2.24) is 10.6 Å². The van der Waals surface area contributed by atoms with Crippen LogP contribution in [0.5, 0.6) is 0 Å². The zero-order valence-electron chi connectivity index (χ0n) is 13.6. The van der Waals surface area contributed by atoms with Gasteiger partial charge in [0.1, 0.15) is 5.82 Å². The highest BCUT2D eigenvalue weighted by molar-refractivity contribution is 5.45. The molecule has 0 aromatic heterocycles. The van der Waals surface area contributed by atoms with Crippen LogP contribution in [0.15, 0.2) is 54.6 Å². The molecule has 0 radical (unpaired) electrons. The van der Waals surface area contributed by atoms with Gasteiger partial charge in [0.05, 0.1) is 0 Å². The SMILES string of the molecule is CNCc1ccc(F)cc1.O=CNCCCCc1ccccc1. The number of amides is 1. The third-order valence-corrected chi connectivity index (χ3v) is 3.26. The molecule has 2 rings (SSSR count). The minimum Gasteiger partial charge on any atom is -0.359 e. The van der Waals surface area contributed by atoms with Crippen molar-refractivity contribution >= 4 is 6.41 Å². The lowest BCUT2D eigenvalue weighted by molar-refractivity contribution is -0.109. The Morgan fingerprint density at radius 3 is 2.26 bits per heavy atom. The van der Waals surface area contributed by atoms with Gasteiger partial charge in [-0.3, -0.25) is 4.79 Å². The van der Waals surface area contributed by atoms with Crippen LogP contribution in [-0.4, -0.2) is 20.0 Å². The van der Waals surface area contributed by atoms with Crippen LogP contribution < -0.4 is 10.6 Å². The van der Waals surface area contributed by atoms with Gasteiger partial charge in [-0.25, -0.2) is 4.39 Å². The lowest BCUT2D eigenvalue weighted by Crippen LogP contribution is -2.11. The molecule has 0 spiro atoms. The molecule has 2 aromatic rings. The number of rotatable bonds is 8. The fourth-order valence-electron chi connectivity index (χ4n) is 2.07. The second-order valence-electron chi connectivity index (χ2n) is 5.17. The van der Waals surface area contributed by atoms with Crippen molar-refractivity contribution in [1.29, 1.82) is 0 Å². The summed E-state index contributed by atoms with van der Waals surface area (Å²) in [5.41, 5.74) is 2.47. The van der Waals surface area contributed by atoms with Crippen molar-refractivity contribution in [2.75, 3.05) is 13.6 Å². The average molecular weight is 316 g/mol. The van der Waals surface area contributed by atoms with Gasteiger partial charge in [0, 0.05) is 13.1 Å². The molecule has 1 amide bonds. The van der Waals surface area contributed by atoms with E-state index in [1.54, 1.807) is 12.1 Å². The Hall–Kier alpha value is -2.20. The Morgan fingerprint density at radius 1 is 0.957 bits per heavy atom. The van der Waals surface area contributed by atoms with Crippen molar-refractivity contribution in [3.63, 3.8) is 0 Å². The third kappa shape index (κ3) is 9.42. The molecule has 0 aliphatic rings. The van der Waals surface area contributed by atoms with E-state index < -0.39 is 0 Å². The van der Waals surface area contributed by atoms with E-state index >= 15 is 0 Å². The quantitative estimate of drug-likeness (QED) is 0.579. The Morgan fingerprint density at radius 2 is 1.65 bits per heavy atom. The van der Waals surface area contributed by atoms with Crippen LogP contribution in [0.2, 0.25) is 0 Å². The summed E-state index contributed by atoms with van der Waals surface area (Å²) in [5.74, 6) is -0.181. The average Bonchev–Trinajstić information content (AvgIpc) is 2.59. The molecular formula is C19H25FN2O. The first-order chi connectivity index (χ1) is 11.3. The minimum atomic E-state index is -0.181. The molecule has 0 bridgehead atoms. The van der Waals surface area contributed by atoms with E-state index in [2.05, 4.69) is 34.9 Å². The van der Waals surface area contributed by atoms with Gasteiger partial charge in [0.15, 0.2) is 0 Å². The first-order valence-electron chi connectivity index (χ1n) is 7.86. The van der Waals surface area contributed by atoms with E-state index in [0.717, 1.165) is 44.3 Å².